The molecule has 6 heteroatoms. The summed E-state index contributed by atoms with van der Waals surface area (Å²) in [6, 6.07) is 0. The third-order valence-corrected chi connectivity index (χ3v) is 0.547. The zero-order valence-electron chi connectivity index (χ0n) is 6.23. The van der Waals surface area contributed by atoms with Crippen LogP contribution in [0.5, 0.6) is 0 Å². The second-order valence-electron chi connectivity index (χ2n) is 1.87. The van der Waals surface area contributed by atoms with E-state index in [-0.39, 0.29) is 6.61 Å². The molecule has 0 atom stereocenters. The third kappa shape index (κ3) is 45.2. The molecule has 0 heterocycles. The van der Waals surface area contributed by atoms with Crippen LogP contribution in [0.1, 0.15) is 0 Å². The van der Waals surface area contributed by atoms with Crippen molar-refractivity contribution in [3.8, 4) is 0 Å². The Morgan fingerprint density at radius 2 is 1.50 bits per heavy atom. The van der Waals surface area contributed by atoms with Gasteiger partial charge in [-0.2, -0.15) is 0 Å². The maximum absolute atomic E-state index is 8.20. The summed E-state index contributed by atoms with van der Waals surface area (Å²) < 4.78 is 0. The molecule has 0 saturated heterocycles. The van der Waals surface area contributed by atoms with Gasteiger partial charge in [0.25, 0.3) is 0 Å². The molecule has 0 aromatic heterocycles. The van der Waals surface area contributed by atoms with E-state index in [4.69, 9.17) is 20.2 Å². The summed E-state index contributed by atoms with van der Waals surface area (Å²) in [7, 11) is 1.69. The number of likely N-dealkylation sites (N-methyl/N-ethyl adjacent to an activating group) is 1. The number of rotatable bonds is 2. The summed E-state index contributed by atoms with van der Waals surface area (Å²) in [5.41, 5.74) is 0. The summed E-state index contributed by atoms with van der Waals surface area (Å²) in [4.78, 5) is 1.93. The highest BCUT2D eigenvalue weighted by Gasteiger charge is 1.92. The molecule has 5 nitrogen and oxygen atoms in total. The van der Waals surface area contributed by atoms with Gasteiger partial charge in [0.1, 0.15) is 0 Å². The van der Waals surface area contributed by atoms with Gasteiger partial charge in [0.2, 0.25) is 0 Å². The fraction of sp³-hybridized carbons (Fsp3) is 1.00. The van der Waals surface area contributed by atoms with Crippen molar-refractivity contribution in [2.45, 2.75) is 0 Å². The lowest BCUT2D eigenvalue weighted by Crippen LogP contribution is -2.15. The van der Waals surface area contributed by atoms with Gasteiger partial charge in [-0.15, -0.1) is 0 Å². The van der Waals surface area contributed by atoms with Crippen LogP contribution >= 0.6 is 0 Å². The smallest absolute Gasteiger partial charge is 0.402 e. The van der Waals surface area contributed by atoms with Crippen molar-refractivity contribution in [3.05, 3.63) is 0 Å². The molecule has 0 amide bonds. The van der Waals surface area contributed by atoms with Gasteiger partial charge < -0.3 is 25.1 Å². The van der Waals surface area contributed by atoms with E-state index in [0.29, 0.717) is 0 Å². The summed E-state index contributed by atoms with van der Waals surface area (Å²) in [5.74, 6) is 0. The van der Waals surface area contributed by atoms with Crippen molar-refractivity contribution in [3.63, 3.8) is 0 Å². The largest absolute Gasteiger partial charge is 0.631 e. The SMILES string of the molecule is CN(C)CCO.OB(O)O. The Morgan fingerprint density at radius 3 is 1.50 bits per heavy atom. The molecule has 62 valence electrons. The van der Waals surface area contributed by atoms with E-state index in [1.54, 1.807) is 0 Å². The number of aliphatic hydroxyl groups excluding tert-OH is 1. The second-order valence-corrected chi connectivity index (χ2v) is 1.87. The van der Waals surface area contributed by atoms with E-state index in [9.17, 15) is 0 Å². The molecular formula is C4H14BNO4. The van der Waals surface area contributed by atoms with Gasteiger partial charge >= 0.3 is 7.32 Å². The number of hydrogen-bond donors (Lipinski definition) is 4. The van der Waals surface area contributed by atoms with Crippen LogP contribution < -0.4 is 0 Å². The fourth-order valence-electron chi connectivity index (χ4n) is 0.200. The second kappa shape index (κ2) is 8.86. The molecule has 0 radical (unpaired) electrons. The molecule has 0 aliphatic heterocycles. The van der Waals surface area contributed by atoms with Gasteiger partial charge in [0.15, 0.2) is 0 Å². The molecule has 0 aromatic carbocycles. The molecule has 0 fully saturated rings. The first-order valence-corrected chi connectivity index (χ1v) is 2.80. The fourth-order valence-corrected chi connectivity index (χ4v) is 0.200. The van der Waals surface area contributed by atoms with Crippen LogP contribution in [0.4, 0.5) is 0 Å². The third-order valence-electron chi connectivity index (χ3n) is 0.547. The highest BCUT2D eigenvalue weighted by atomic mass is 16.5. The van der Waals surface area contributed by atoms with Crippen molar-refractivity contribution in [1.82, 2.24) is 4.90 Å². The minimum atomic E-state index is -2.17. The topological polar surface area (TPSA) is 84.2 Å². The lowest BCUT2D eigenvalue weighted by atomic mass is 10.3. The van der Waals surface area contributed by atoms with E-state index in [2.05, 4.69) is 0 Å². The van der Waals surface area contributed by atoms with Gasteiger partial charge in [-0.25, -0.2) is 0 Å². The van der Waals surface area contributed by atoms with Gasteiger partial charge in [0.05, 0.1) is 6.61 Å². The first kappa shape index (κ1) is 12.5. The Labute approximate surface area is 60.7 Å². The van der Waals surface area contributed by atoms with Crippen LogP contribution in [0.3, 0.4) is 0 Å². The Hall–Kier alpha value is -0.135. The molecule has 0 unspecified atom stereocenters. The maximum Gasteiger partial charge on any atom is 0.631 e. The predicted octanol–water partition coefficient (Wildman–Crippen LogP) is -2.51. The summed E-state index contributed by atoms with van der Waals surface area (Å²) in [6.45, 7) is 1.02. The maximum atomic E-state index is 8.20. The minimum absolute atomic E-state index is 0.257. The summed E-state index contributed by atoms with van der Waals surface area (Å²) in [6.07, 6.45) is 0. The van der Waals surface area contributed by atoms with E-state index >= 15 is 0 Å². The highest BCUT2D eigenvalue weighted by Crippen LogP contribution is 1.66. The normalized spacial score (nSPS) is 8.70. The lowest BCUT2D eigenvalue weighted by molar-refractivity contribution is 0.243. The molecular weight excluding hydrogens is 137 g/mol. The highest BCUT2D eigenvalue weighted by molar-refractivity contribution is 6.30. The molecule has 0 rings (SSSR count). The quantitative estimate of drug-likeness (QED) is 0.327. The predicted molar refractivity (Wildman–Crippen MR) is 38.1 cm³/mol. The molecule has 0 spiro atoms. The number of hydrogen-bond acceptors (Lipinski definition) is 5. The van der Waals surface area contributed by atoms with Crippen LogP contribution in [0.15, 0.2) is 0 Å². The molecule has 0 aliphatic rings. The van der Waals surface area contributed by atoms with Gasteiger partial charge in [-0.1, -0.05) is 0 Å². The Kier molecular flexibility index (Phi) is 11.1. The van der Waals surface area contributed by atoms with Crippen LogP contribution in [0, 0.1) is 0 Å². The Bertz CT molecular complexity index is 58.5. The monoisotopic (exact) mass is 151 g/mol. The van der Waals surface area contributed by atoms with Crippen molar-refractivity contribution in [1.29, 1.82) is 0 Å². The first-order valence-electron chi connectivity index (χ1n) is 2.80. The van der Waals surface area contributed by atoms with Crippen molar-refractivity contribution >= 4 is 7.32 Å². The number of nitrogens with zero attached hydrogens (tertiary/aromatic N) is 1. The van der Waals surface area contributed by atoms with E-state index < -0.39 is 7.32 Å². The first-order chi connectivity index (χ1) is 4.50. The van der Waals surface area contributed by atoms with Crippen molar-refractivity contribution in [2.24, 2.45) is 0 Å². The molecule has 10 heavy (non-hydrogen) atoms. The van der Waals surface area contributed by atoms with Crippen molar-refractivity contribution in [2.75, 3.05) is 27.2 Å². The lowest BCUT2D eigenvalue weighted by Gasteiger charge is -2.03. The number of aliphatic hydroxyl groups is 1. The van der Waals surface area contributed by atoms with Crippen LogP contribution in [-0.2, 0) is 0 Å². The average molecular weight is 151 g/mol. The van der Waals surface area contributed by atoms with Gasteiger partial charge in [-0.3, -0.25) is 0 Å². The van der Waals surface area contributed by atoms with Crippen molar-refractivity contribution < 1.29 is 20.2 Å². The van der Waals surface area contributed by atoms with E-state index in [1.807, 2.05) is 19.0 Å². The summed E-state index contributed by atoms with van der Waals surface area (Å²) >= 11 is 0. The van der Waals surface area contributed by atoms with Crippen LogP contribution in [0.2, 0.25) is 0 Å². The van der Waals surface area contributed by atoms with E-state index in [1.165, 1.54) is 0 Å². The van der Waals surface area contributed by atoms with Crippen LogP contribution in [0.25, 0.3) is 0 Å². The zero-order valence-corrected chi connectivity index (χ0v) is 6.23. The zero-order chi connectivity index (χ0) is 8.57. The van der Waals surface area contributed by atoms with E-state index in [0.717, 1.165) is 6.54 Å². The van der Waals surface area contributed by atoms with Crippen LogP contribution in [-0.4, -0.2) is 59.6 Å². The molecule has 0 bridgehead atoms. The molecule has 4 N–H and O–H groups in total. The van der Waals surface area contributed by atoms with Gasteiger partial charge in [0, 0.05) is 6.54 Å². The Balaban J connectivity index is 0. The molecule has 0 saturated carbocycles. The Morgan fingerprint density at radius 1 is 1.20 bits per heavy atom. The average Bonchev–Trinajstić information content (AvgIpc) is 1.62. The summed E-state index contributed by atoms with van der Waals surface area (Å²) in [5, 5.41) is 29.7. The minimum Gasteiger partial charge on any atom is -0.402 e. The van der Waals surface area contributed by atoms with Gasteiger partial charge in [-0.05, 0) is 14.1 Å². The molecule has 0 aromatic rings. The molecule has 0 aliphatic carbocycles. The standard InChI is InChI=1S/C4H11NO.BH3O3/c1-5(2)3-4-6;2-1(3)4/h6H,3-4H2,1-2H3;2-4H.